The fourth-order valence-electron chi connectivity index (χ4n) is 1.89. The summed E-state index contributed by atoms with van der Waals surface area (Å²) in [6.45, 7) is 6.05. The third kappa shape index (κ3) is 3.28. The van der Waals surface area contributed by atoms with E-state index >= 15 is 0 Å². The predicted octanol–water partition coefficient (Wildman–Crippen LogP) is -0.415. The molecule has 2 N–H and O–H groups in total. The second-order valence-electron chi connectivity index (χ2n) is 4.16. The van der Waals surface area contributed by atoms with Crippen LogP contribution in [0.2, 0.25) is 0 Å². The van der Waals surface area contributed by atoms with Gasteiger partial charge in [-0.05, 0) is 6.92 Å². The highest BCUT2D eigenvalue weighted by atomic mass is 16.5. The Hall–Kier alpha value is -1.40. The lowest BCUT2D eigenvalue weighted by Crippen LogP contribution is -2.52. The van der Waals surface area contributed by atoms with Gasteiger partial charge in [0.1, 0.15) is 0 Å². The summed E-state index contributed by atoms with van der Waals surface area (Å²) in [6, 6.07) is 1.65. The van der Waals surface area contributed by atoms with Gasteiger partial charge in [-0.1, -0.05) is 5.16 Å². The number of aromatic nitrogens is 1. The first kappa shape index (κ1) is 12.1. The molecule has 1 saturated heterocycles. The van der Waals surface area contributed by atoms with Crippen molar-refractivity contribution in [2.45, 2.75) is 19.5 Å². The van der Waals surface area contributed by atoms with Crippen molar-refractivity contribution in [1.82, 2.24) is 20.7 Å². The van der Waals surface area contributed by atoms with Crippen LogP contribution in [0.5, 0.6) is 0 Å². The van der Waals surface area contributed by atoms with Gasteiger partial charge in [-0.15, -0.1) is 0 Å². The van der Waals surface area contributed by atoms with Crippen LogP contribution in [0.3, 0.4) is 0 Å². The molecule has 0 radical (unpaired) electrons. The van der Waals surface area contributed by atoms with Crippen LogP contribution in [0, 0.1) is 0 Å². The number of nitrogens with zero attached hydrogens (tertiary/aromatic N) is 2. The minimum atomic E-state index is -0.0972. The zero-order valence-corrected chi connectivity index (χ0v) is 9.98. The van der Waals surface area contributed by atoms with Gasteiger partial charge < -0.3 is 15.2 Å². The Kier molecular flexibility index (Phi) is 4.11. The maximum Gasteiger partial charge on any atom is 0.237 e. The van der Waals surface area contributed by atoms with Crippen LogP contribution in [0.25, 0.3) is 0 Å². The van der Waals surface area contributed by atoms with Crippen molar-refractivity contribution in [3.63, 3.8) is 0 Å². The highest BCUT2D eigenvalue weighted by Gasteiger charge is 2.22. The standard InChI is InChI=1S/C11H18N4O2/c1-9(15-6-4-12-5-7-15)11(16)13-8-10-2-3-14-17-10/h2-3,9,12H,4-8H2,1H3,(H,13,16). The first-order valence-corrected chi connectivity index (χ1v) is 5.89. The summed E-state index contributed by atoms with van der Waals surface area (Å²) in [5.41, 5.74) is 0. The van der Waals surface area contributed by atoms with Gasteiger partial charge in [-0.3, -0.25) is 9.69 Å². The lowest BCUT2D eigenvalue weighted by atomic mass is 10.2. The summed E-state index contributed by atoms with van der Waals surface area (Å²) in [5.74, 6) is 0.703. The summed E-state index contributed by atoms with van der Waals surface area (Å²) < 4.78 is 4.92. The largest absolute Gasteiger partial charge is 0.360 e. The van der Waals surface area contributed by atoms with E-state index in [0.29, 0.717) is 12.3 Å². The van der Waals surface area contributed by atoms with Gasteiger partial charge >= 0.3 is 0 Å². The maximum atomic E-state index is 11.9. The predicted molar refractivity (Wildman–Crippen MR) is 62.3 cm³/mol. The van der Waals surface area contributed by atoms with Crippen LogP contribution in [-0.2, 0) is 11.3 Å². The third-order valence-electron chi connectivity index (χ3n) is 3.01. The number of piperazine rings is 1. The summed E-state index contributed by atoms with van der Waals surface area (Å²) >= 11 is 0. The average molecular weight is 238 g/mol. The Bertz CT molecular complexity index is 346. The van der Waals surface area contributed by atoms with Crippen LogP contribution in [-0.4, -0.2) is 48.2 Å². The molecule has 0 aliphatic carbocycles. The van der Waals surface area contributed by atoms with Crippen LogP contribution >= 0.6 is 0 Å². The minimum absolute atomic E-state index is 0.0308. The molecular weight excluding hydrogens is 220 g/mol. The van der Waals surface area contributed by atoms with Crippen molar-refractivity contribution < 1.29 is 9.32 Å². The monoisotopic (exact) mass is 238 g/mol. The molecule has 1 unspecified atom stereocenters. The number of rotatable bonds is 4. The van der Waals surface area contributed by atoms with Crippen LogP contribution in [0.4, 0.5) is 0 Å². The highest BCUT2D eigenvalue weighted by molar-refractivity contribution is 5.81. The molecule has 94 valence electrons. The molecule has 6 heteroatoms. The van der Waals surface area contributed by atoms with Crippen LogP contribution in [0.1, 0.15) is 12.7 Å². The van der Waals surface area contributed by atoms with Gasteiger partial charge in [0.2, 0.25) is 5.91 Å². The van der Waals surface area contributed by atoms with E-state index in [1.807, 2.05) is 6.92 Å². The molecule has 2 heterocycles. The fourth-order valence-corrected chi connectivity index (χ4v) is 1.89. The van der Waals surface area contributed by atoms with E-state index in [1.54, 1.807) is 12.3 Å². The summed E-state index contributed by atoms with van der Waals surface area (Å²) in [7, 11) is 0. The molecule has 1 aliphatic rings. The molecule has 1 aromatic rings. The molecule has 0 spiro atoms. The average Bonchev–Trinajstić information content (AvgIpc) is 2.89. The zero-order chi connectivity index (χ0) is 12.1. The zero-order valence-electron chi connectivity index (χ0n) is 9.98. The topological polar surface area (TPSA) is 70.4 Å². The third-order valence-corrected chi connectivity index (χ3v) is 3.01. The molecule has 17 heavy (non-hydrogen) atoms. The molecule has 1 aromatic heterocycles. The minimum Gasteiger partial charge on any atom is -0.360 e. The summed E-state index contributed by atoms with van der Waals surface area (Å²) in [5, 5.41) is 9.70. The molecule has 0 bridgehead atoms. The Labute approximate surface area is 100 Å². The number of carbonyl (C=O) groups is 1. The number of nitrogens with one attached hydrogen (secondary N) is 2. The van der Waals surface area contributed by atoms with E-state index in [-0.39, 0.29) is 11.9 Å². The number of hydrogen-bond donors (Lipinski definition) is 2. The Balaban J connectivity index is 1.78. The van der Waals surface area contributed by atoms with Gasteiger partial charge in [0.05, 0.1) is 18.8 Å². The smallest absolute Gasteiger partial charge is 0.237 e. The highest BCUT2D eigenvalue weighted by Crippen LogP contribution is 2.02. The van der Waals surface area contributed by atoms with E-state index in [2.05, 4.69) is 20.7 Å². The quantitative estimate of drug-likeness (QED) is 0.746. The second-order valence-corrected chi connectivity index (χ2v) is 4.16. The lowest BCUT2D eigenvalue weighted by Gasteiger charge is -2.31. The van der Waals surface area contributed by atoms with Crippen molar-refractivity contribution in [2.75, 3.05) is 26.2 Å². The molecule has 6 nitrogen and oxygen atoms in total. The molecule has 1 atom stereocenters. The van der Waals surface area contributed by atoms with Crippen molar-refractivity contribution in [3.8, 4) is 0 Å². The van der Waals surface area contributed by atoms with E-state index in [1.165, 1.54) is 0 Å². The SMILES string of the molecule is CC(C(=O)NCc1ccno1)N1CCNCC1. The molecule has 0 aromatic carbocycles. The van der Waals surface area contributed by atoms with E-state index in [0.717, 1.165) is 26.2 Å². The van der Waals surface area contributed by atoms with E-state index in [9.17, 15) is 4.79 Å². The summed E-state index contributed by atoms with van der Waals surface area (Å²) in [6.07, 6.45) is 1.57. The number of amides is 1. The lowest BCUT2D eigenvalue weighted by molar-refractivity contribution is -0.126. The molecule has 2 rings (SSSR count). The van der Waals surface area contributed by atoms with Gasteiger partial charge in [0, 0.05) is 32.2 Å². The Morgan fingerprint density at radius 1 is 1.65 bits per heavy atom. The van der Waals surface area contributed by atoms with Crippen molar-refractivity contribution in [1.29, 1.82) is 0 Å². The molecule has 0 saturated carbocycles. The van der Waals surface area contributed by atoms with Crippen LogP contribution < -0.4 is 10.6 Å². The number of carbonyl (C=O) groups excluding carboxylic acids is 1. The fraction of sp³-hybridized carbons (Fsp3) is 0.636. The van der Waals surface area contributed by atoms with Gasteiger partial charge in [0.25, 0.3) is 0 Å². The molecular formula is C11H18N4O2. The van der Waals surface area contributed by atoms with Crippen LogP contribution in [0.15, 0.2) is 16.8 Å². The molecule has 1 aliphatic heterocycles. The summed E-state index contributed by atoms with van der Waals surface area (Å²) in [4.78, 5) is 14.1. The molecule has 1 fully saturated rings. The first-order chi connectivity index (χ1) is 8.27. The van der Waals surface area contributed by atoms with Gasteiger partial charge in [-0.2, -0.15) is 0 Å². The van der Waals surface area contributed by atoms with E-state index < -0.39 is 0 Å². The van der Waals surface area contributed by atoms with Gasteiger partial charge in [0.15, 0.2) is 5.76 Å². The van der Waals surface area contributed by atoms with Crippen molar-refractivity contribution in [3.05, 3.63) is 18.0 Å². The van der Waals surface area contributed by atoms with Gasteiger partial charge in [-0.25, -0.2) is 0 Å². The van der Waals surface area contributed by atoms with Crippen molar-refractivity contribution in [2.24, 2.45) is 0 Å². The first-order valence-electron chi connectivity index (χ1n) is 5.89. The van der Waals surface area contributed by atoms with Crippen molar-refractivity contribution >= 4 is 5.91 Å². The normalized spacial score (nSPS) is 18.9. The Morgan fingerprint density at radius 2 is 2.41 bits per heavy atom. The second kappa shape index (κ2) is 5.79. The Morgan fingerprint density at radius 3 is 3.06 bits per heavy atom. The van der Waals surface area contributed by atoms with E-state index in [4.69, 9.17) is 4.52 Å². The maximum absolute atomic E-state index is 11.9. The molecule has 1 amide bonds. The number of hydrogen-bond acceptors (Lipinski definition) is 5.